The summed E-state index contributed by atoms with van der Waals surface area (Å²) in [7, 11) is -1.36. The van der Waals surface area contributed by atoms with E-state index in [1.807, 2.05) is 6.07 Å². The molecular formula is C20H19N5O6S. The van der Waals surface area contributed by atoms with Crippen molar-refractivity contribution < 1.29 is 27.2 Å². The van der Waals surface area contributed by atoms with E-state index in [1.165, 1.54) is 26.4 Å². The van der Waals surface area contributed by atoms with Crippen LogP contribution >= 0.6 is 0 Å². The van der Waals surface area contributed by atoms with Gasteiger partial charge in [-0.05, 0) is 23.8 Å². The SMILES string of the molecule is COc1cccc(OC)c1S(=O)(=O)Nc1noc2cc(Cn3ccnn3)c3c(c12)OCC3. The normalized spacial score (nSPS) is 13.1. The molecule has 3 heterocycles. The second kappa shape index (κ2) is 7.71. The molecule has 5 rings (SSSR count). The van der Waals surface area contributed by atoms with E-state index in [-0.39, 0.29) is 22.2 Å². The molecule has 1 N–H and O–H groups in total. The summed E-state index contributed by atoms with van der Waals surface area (Å²) in [6, 6.07) is 6.53. The van der Waals surface area contributed by atoms with Gasteiger partial charge in [-0.3, -0.25) is 4.72 Å². The minimum atomic E-state index is -4.13. The molecule has 12 heteroatoms. The highest BCUT2D eigenvalue weighted by molar-refractivity contribution is 7.93. The van der Waals surface area contributed by atoms with Crippen LogP contribution in [0.5, 0.6) is 17.2 Å². The van der Waals surface area contributed by atoms with Crippen molar-refractivity contribution in [2.45, 2.75) is 17.9 Å². The van der Waals surface area contributed by atoms with Gasteiger partial charge in [-0.1, -0.05) is 16.4 Å². The van der Waals surface area contributed by atoms with Crippen molar-refractivity contribution in [2.24, 2.45) is 0 Å². The lowest BCUT2D eigenvalue weighted by molar-refractivity contribution is 0.360. The van der Waals surface area contributed by atoms with Crippen molar-refractivity contribution in [1.82, 2.24) is 20.2 Å². The van der Waals surface area contributed by atoms with Gasteiger partial charge in [0.05, 0.1) is 33.6 Å². The Morgan fingerprint density at radius 3 is 2.69 bits per heavy atom. The summed E-state index contributed by atoms with van der Waals surface area (Å²) in [5.41, 5.74) is 2.28. The van der Waals surface area contributed by atoms with Crippen LogP contribution in [-0.2, 0) is 23.0 Å². The fourth-order valence-electron chi connectivity index (χ4n) is 3.81. The lowest BCUT2D eigenvalue weighted by Crippen LogP contribution is -2.15. The number of hydrogen-bond donors (Lipinski definition) is 1. The lowest BCUT2D eigenvalue weighted by Gasteiger charge is -2.14. The Morgan fingerprint density at radius 2 is 2.00 bits per heavy atom. The monoisotopic (exact) mass is 457 g/mol. The van der Waals surface area contributed by atoms with Gasteiger partial charge >= 0.3 is 0 Å². The molecule has 166 valence electrons. The van der Waals surface area contributed by atoms with E-state index in [0.717, 1.165) is 11.1 Å². The summed E-state index contributed by atoms with van der Waals surface area (Å²) in [6.45, 7) is 0.943. The molecule has 0 fully saturated rings. The number of methoxy groups -OCH3 is 2. The highest BCUT2D eigenvalue weighted by atomic mass is 32.2. The fraction of sp³-hybridized carbons (Fsp3) is 0.250. The smallest absolute Gasteiger partial charge is 0.270 e. The van der Waals surface area contributed by atoms with Crippen LogP contribution in [0.3, 0.4) is 0 Å². The van der Waals surface area contributed by atoms with E-state index in [1.54, 1.807) is 23.1 Å². The van der Waals surface area contributed by atoms with Gasteiger partial charge in [-0.2, -0.15) is 0 Å². The predicted octanol–water partition coefficient (Wildman–Crippen LogP) is 2.22. The number of aromatic nitrogens is 4. The van der Waals surface area contributed by atoms with Gasteiger partial charge in [-0.25, -0.2) is 13.1 Å². The number of anilines is 1. The molecule has 0 saturated carbocycles. The zero-order valence-corrected chi connectivity index (χ0v) is 18.0. The van der Waals surface area contributed by atoms with Crippen LogP contribution in [-0.4, -0.2) is 49.4 Å². The topological polar surface area (TPSA) is 131 Å². The van der Waals surface area contributed by atoms with Crippen molar-refractivity contribution in [3.63, 3.8) is 0 Å². The standard InChI is InChI=1S/C20H19N5O6S/c1-28-14-4-3-5-15(29-2)19(14)32(26,27)23-20-17-16(31-22-20)10-12(11-25-8-7-21-24-25)13-6-9-30-18(13)17/h3-5,7-8,10H,6,9,11H2,1-2H3,(H,22,23). The molecule has 4 aromatic rings. The van der Waals surface area contributed by atoms with Crippen molar-refractivity contribution in [3.8, 4) is 17.2 Å². The molecule has 1 aliphatic heterocycles. The quantitative estimate of drug-likeness (QED) is 0.444. The molecule has 0 atom stereocenters. The molecule has 0 radical (unpaired) electrons. The number of fused-ring (bicyclic) bond motifs is 3. The molecule has 0 amide bonds. The average Bonchev–Trinajstić information content (AvgIpc) is 3.54. The molecule has 1 aliphatic rings. The number of rotatable bonds is 7. The molecule has 0 aliphatic carbocycles. The Morgan fingerprint density at radius 1 is 1.22 bits per heavy atom. The maximum Gasteiger partial charge on any atom is 0.270 e. The van der Waals surface area contributed by atoms with Gasteiger partial charge in [0.1, 0.15) is 22.6 Å². The van der Waals surface area contributed by atoms with E-state index >= 15 is 0 Å². The first-order valence-electron chi connectivity index (χ1n) is 9.66. The Balaban J connectivity index is 1.59. The zero-order chi connectivity index (χ0) is 22.3. The van der Waals surface area contributed by atoms with Crippen LogP contribution in [0.4, 0.5) is 5.82 Å². The molecule has 11 nitrogen and oxygen atoms in total. The summed E-state index contributed by atoms with van der Waals surface area (Å²) in [4.78, 5) is -0.137. The molecule has 32 heavy (non-hydrogen) atoms. The van der Waals surface area contributed by atoms with Crippen LogP contribution in [0, 0.1) is 0 Å². The molecule has 2 aromatic heterocycles. The number of sulfonamides is 1. The zero-order valence-electron chi connectivity index (χ0n) is 17.2. The maximum absolute atomic E-state index is 13.3. The van der Waals surface area contributed by atoms with E-state index < -0.39 is 10.0 Å². The Labute approximate surface area is 182 Å². The summed E-state index contributed by atoms with van der Waals surface area (Å²) in [5.74, 6) is 0.851. The summed E-state index contributed by atoms with van der Waals surface area (Å²) < 4.78 is 52.5. The van der Waals surface area contributed by atoms with Gasteiger partial charge in [0.25, 0.3) is 10.0 Å². The number of benzene rings is 2. The van der Waals surface area contributed by atoms with Gasteiger partial charge < -0.3 is 18.7 Å². The minimum absolute atomic E-state index is 0.0263. The fourth-order valence-corrected chi connectivity index (χ4v) is 5.14. The maximum atomic E-state index is 13.3. The summed E-state index contributed by atoms with van der Waals surface area (Å²) in [6.07, 6.45) is 4.03. The van der Waals surface area contributed by atoms with Crippen LogP contribution in [0.25, 0.3) is 11.0 Å². The number of ether oxygens (including phenoxy) is 3. The summed E-state index contributed by atoms with van der Waals surface area (Å²) in [5, 5.41) is 12.3. The van der Waals surface area contributed by atoms with Crippen molar-refractivity contribution >= 4 is 26.8 Å². The van der Waals surface area contributed by atoms with Crippen LogP contribution < -0.4 is 18.9 Å². The third-order valence-corrected chi connectivity index (χ3v) is 6.60. The van der Waals surface area contributed by atoms with Gasteiger partial charge in [0.2, 0.25) is 0 Å². The first-order chi connectivity index (χ1) is 15.5. The summed E-state index contributed by atoms with van der Waals surface area (Å²) >= 11 is 0. The molecular weight excluding hydrogens is 438 g/mol. The van der Waals surface area contributed by atoms with E-state index in [0.29, 0.717) is 36.3 Å². The largest absolute Gasteiger partial charge is 0.495 e. The predicted molar refractivity (Wildman–Crippen MR) is 113 cm³/mol. The molecule has 0 spiro atoms. The first kappa shape index (κ1) is 20.1. The van der Waals surface area contributed by atoms with Crippen LogP contribution in [0.1, 0.15) is 11.1 Å². The highest BCUT2D eigenvalue weighted by Gasteiger charge is 2.30. The van der Waals surface area contributed by atoms with Gasteiger partial charge in [-0.15, -0.1) is 5.10 Å². The van der Waals surface area contributed by atoms with E-state index in [2.05, 4.69) is 20.2 Å². The van der Waals surface area contributed by atoms with Gasteiger partial charge in [0, 0.05) is 18.2 Å². The first-order valence-corrected chi connectivity index (χ1v) is 11.1. The molecule has 0 bridgehead atoms. The molecule has 0 unspecified atom stereocenters. The third-order valence-electron chi connectivity index (χ3n) is 5.20. The second-order valence-electron chi connectivity index (χ2n) is 7.04. The van der Waals surface area contributed by atoms with Crippen LogP contribution in [0.2, 0.25) is 0 Å². The van der Waals surface area contributed by atoms with Crippen molar-refractivity contribution in [1.29, 1.82) is 0 Å². The van der Waals surface area contributed by atoms with E-state index in [9.17, 15) is 8.42 Å². The Bertz CT molecular complexity index is 1380. The molecule has 0 saturated heterocycles. The Kier molecular flexibility index (Phi) is 4.85. The third kappa shape index (κ3) is 3.28. The van der Waals surface area contributed by atoms with E-state index in [4.69, 9.17) is 18.7 Å². The lowest BCUT2D eigenvalue weighted by atomic mass is 10.0. The molecule has 2 aromatic carbocycles. The van der Waals surface area contributed by atoms with Crippen LogP contribution in [0.15, 0.2) is 46.1 Å². The Hall–Kier alpha value is -3.80. The second-order valence-corrected chi connectivity index (χ2v) is 8.66. The van der Waals surface area contributed by atoms with Crippen molar-refractivity contribution in [2.75, 3.05) is 25.5 Å². The average molecular weight is 457 g/mol. The van der Waals surface area contributed by atoms with Crippen molar-refractivity contribution in [3.05, 3.63) is 47.8 Å². The minimum Gasteiger partial charge on any atom is -0.495 e. The number of nitrogens with one attached hydrogen (secondary N) is 1. The highest BCUT2D eigenvalue weighted by Crippen LogP contribution is 2.42. The number of hydrogen-bond acceptors (Lipinski definition) is 9. The number of nitrogens with zero attached hydrogens (tertiary/aromatic N) is 4. The van der Waals surface area contributed by atoms with Gasteiger partial charge in [0.15, 0.2) is 16.3 Å².